The maximum Gasteiger partial charge on any atom is 0.401 e. The fourth-order valence-electron chi connectivity index (χ4n) is 1.30. The number of ether oxygens (including phenoxy) is 1. The van der Waals surface area contributed by atoms with E-state index in [9.17, 15) is 22.4 Å². The Morgan fingerprint density at radius 2 is 2.06 bits per heavy atom. The summed E-state index contributed by atoms with van der Waals surface area (Å²) in [5.41, 5.74) is -0.302. The van der Waals surface area contributed by atoms with Gasteiger partial charge in [-0.25, -0.2) is 4.39 Å². The topological polar surface area (TPSA) is 38.3 Å². The van der Waals surface area contributed by atoms with Crippen molar-refractivity contribution >= 4 is 5.78 Å². The minimum atomic E-state index is -4.41. The molecular formula is C11H11F4NO2. The van der Waals surface area contributed by atoms with Crippen molar-refractivity contribution in [3.63, 3.8) is 0 Å². The Morgan fingerprint density at radius 3 is 2.61 bits per heavy atom. The highest BCUT2D eigenvalue weighted by atomic mass is 19.4. The van der Waals surface area contributed by atoms with Crippen LogP contribution in [0.3, 0.4) is 0 Å². The van der Waals surface area contributed by atoms with E-state index in [1.165, 1.54) is 25.3 Å². The van der Waals surface area contributed by atoms with Gasteiger partial charge in [-0.15, -0.1) is 0 Å². The molecule has 0 unspecified atom stereocenters. The number of nitrogens with one attached hydrogen (secondary N) is 1. The molecule has 0 saturated heterocycles. The van der Waals surface area contributed by atoms with E-state index in [0.29, 0.717) is 0 Å². The molecule has 0 aliphatic heterocycles. The van der Waals surface area contributed by atoms with Crippen LogP contribution in [0.4, 0.5) is 17.6 Å². The molecule has 0 heterocycles. The number of ketones is 1. The Balaban J connectivity index is 2.68. The van der Waals surface area contributed by atoms with Gasteiger partial charge in [-0.3, -0.25) is 4.79 Å². The first-order valence-corrected chi connectivity index (χ1v) is 4.98. The second-order valence-electron chi connectivity index (χ2n) is 3.46. The number of halogens is 4. The molecule has 0 spiro atoms. The average molecular weight is 265 g/mol. The van der Waals surface area contributed by atoms with Crippen molar-refractivity contribution in [2.75, 3.05) is 20.2 Å². The summed E-state index contributed by atoms with van der Waals surface area (Å²) in [6.07, 6.45) is -4.41. The van der Waals surface area contributed by atoms with E-state index in [1.54, 1.807) is 0 Å². The normalized spacial score (nSPS) is 11.4. The zero-order valence-corrected chi connectivity index (χ0v) is 9.47. The predicted octanol–water partition coefficient (Wildman–Crippen LogP) is 2.17. The maximum absolute atomic E-state index is 13.6. The molecule has 0 aliphatic carbocycles. The molecule has 0 fully saturated rings. The third kappa shape index (κ3) is 3.99. The van der Waals surface area contributed by atoms with Crippen molar-refractivity contribution < 1.29 is 27.1 Å². The molecule has 0 bridgehead atoms. The molecule has 0 aromatic heterocycles. The van der Waals surface area contributed by atoms with Crippen molar-refractivity contribution in [2.45, 2.75) is 6.18 Å². The summed E-state index contributed by atoms with van der Waals surface area (Å²) in [5, 5.41) is 1.91. The molecule has 7 heteroatoms. The molecule has 1 rings (SSSR count). The van der Waals surface area contributed by atoms with Crippen LogP contribution < -0.4 is 10.1 Å². The lowest BCUT2D eigenvalue weighted by molar-refractivity contribution is -0.124. The fourth-order valence-corrected chi connectivity index (χ4v) is 1.30. The van der Waals surface area contributed by atoms with E-state index < -0.39 is 30.9 Å². The van der Waals surface area contributed by atoms with Crippen LogP contribution in [0.5, 0.6) is 5.75 Å². The van der Waals surface area contributed by atoms with Gasteiger partial charge in [0.15, 0.2) is 17.3 Å². The number of rotatable bonds is 5. The number of carbonyl (C=O) groups excluding carboxylic acids is 1. The minimum absolute atomic E-state index is 0.128. The molecule has 0 radical (unpaired) electrons. The van der Waals surface area contributed by atoms with E-state index in [2.05, 4.69) is 4.74 Å². The van der Waals surface area contributed by atoms with Crippen LogP contribution in [0, 0.1) is 5.82 Å². The molecule has 0 atom stereocenters. The Bertz CT molecular complexity index is 432. The molecular weight excluding hydrogens is 254 g/mol. The molecule has 0 amide bonds. The average Bonchev–Trinajstić information content (AvgIpc) is 2.27. The summed E-state index contributed by atoms with van der Waals surface area (Å²) in [4.78, 5) is 11.5. The van der Waals surface area contributed by atoms with Crippen LogP contribution in [0.2, 0.25) is 0 Å². The van der Waals surface area contributed by atoms with Gasteiger partial charge < -0.3 is 10.1 Å². The van der Waals surface area contributed by atoms with E-state index in [0.717, 1.165) is 0 Å². The fraction of sp³-hybridized carbons (Fsp3) is 0.364. The number of carbonyl (C=O) groups is 1. The Labute approximate surface area is 101 Å². The minimum Gasteiger partial charge on any atom is -0.494 e. The number of hydrogen-bond acceptors (Lipinski definition) is 3. The van der Waals surface area contributed by atoms with Crippen LogP contribution >= 0.6 is 0 Å². The SMILES string of the molecule is COc1cccc(C(=O)CNCC(F)(F)F)c1F. The van der Waals surface area contributed by atoms with Crippen molar-refractivity contribution in [1.29, 1.82) is 0 Å². The summed E-state index contributed by atoms with van der Waals surface area (Å²) >= 11 is 0. The van der Waals surface area contributed by atoms with Crippen LogP contribution in [-0.4, -0.2) is 32.2 Å². The summed E-state index contributed by atoms with van der Waals surface area (Å²) in [7, 11) is 1.23. The highest BCUT2D eigenvalue weighted by molar-refractivity contribution is 5.98. The summed E-state index contributed by atoms with van der Waals surface area (Å²) in [5.74, 6) is -1.77. The van der Waals surface area contributed by atoms with Gasteiger partial charge >= 0.3 is 6.18 Å². The van der Waals surface area contributed by atoms with Crippen LogP contribution in [-0.2, 0) is 0 Å². The van der Waals surface area contributed by atoms with Crippen molar-refractivity contribution in [2.24, 2.45) is 0 Å². The standard InChI is InChI=1S/C11H11F4NO2/c1-18-9-4-2-3-7(10(9)12)8(17)5-16-6-11(13,14)15/h2-4,16H,5-6H2,1H3. The predicted molar refractivity (Wildman–Crippen MR) is 56.2 cm³/mol. The maximum atomic E-state index is 13.6. The highest BCUT2D eigenvalue weighted by Crippen LogP contribution is 2.20. The molecule has 3 nitrogen and oxygen atoms in total. The Hall–Kier alpha value is -1.63. The zero-order valence-electron chi connectivity index (χ0n) is 9.47. The molecule has 1 N–H and O–H groups in total. The molecule has 0 saturated carbocycles. The number of Topliss-reactive ketones (excluding diaryl/α,β-unsaturated/α-hetero) is 1. The van der Waals surface area contributed by atoms with Gasteiger partial charge in [-0.1, -0.05) is 6.07 Å². The second-order valence-corrected chi connectivity index (χ2v) is 3.46. The first-order valence-electron chi connectivity index (χ1n) is 4.98. The van der Waals surface area contributed by atoms with Crippen molar-refractivity contribution in [1.82, 2.24) is 5.32 Å². The van der Waals surface area contributed by atoms with Crippen LogP contribution in [0.25, 0.3) is 0 Å². The quantitative estimate of drug-likeness (QED) is 0.655. The van der Waals surface area contributed by atoms with Crippen molar-refractivity contribution in [3.8, 4) is 5.75 Å². The number of alkyl halides is 3. The van der Waals surface area contributed by atoms with E-state index in [4.69, 9.17) is 0 Å². The van der Waals surface area contributed by atoms with Gasteiger partial charge in [0.1, 0.15) is 0 Å². The van der Waals surface area contributed by atoms with Gasteiger partial charge in [-0.2, -0.15) is 13.2 Å². The summed E-state index contributed by atoms with van der Waals surface area (Å²) < 4.78 is 53.8. The number of methoxy groups -OCH3 is 1. The third-order valence-corrected chi connectivity index (χ3v) is 2.09. The lowest BCUT2D eigenvalue weighted by Crippen LogP contribution is -2.33. The third-order valence-electron chi connectivity index (χ3n) is 2.09. The van der Waals surface area contributed by atoms with Gasteiger partial charge in [-0.05, 0) is 12.1 Å². The Morgan fingerprint density at radius 1 is 1.39 bits per heavy atom. The zero-order chi connectivity index (χ0) is 13.8. The van der Waals surface area contributed by atoms with E-state index in [1.807, 2.05) is 5.32 Å². The van der Waals surface area contributed by atoms with Gasteiger partial charge in [0, 0.05) is 0 Å². The Kier molecular flexibility index (Phi) is 4.66. The lowest BCUT2D eigenvalue weighted by Gasteiger charge is -2.09. The molecule has 1 aromatic carbocycles. The molecule has 1 aromatic rings. The largest absolute Gasteiger partial charge is 0.494 e. The van der Waals surface area contributed by atoms with E-state index in [-0.39, 0.29) is 11.3 Å². The van der Waals surface area contributed by atoms with Gasteiger partial charge in [0.2, 0.25) is 0 Å². The van der Waals surface area contributed by atoms with Crippen LogP contribution in [0.1, 0.15) is 10.4 Å². The first kappa shape index (κ1) is 14.4. The molecule has 0 aliphatic rings. The number of hydrogen-bond donors (Lipinski definition) is 1. The monoisotopic (exact) mass is 265 g/mol. The molecule has 18 heavy (non-hydrogen) atoms. The van der Waals surface area contributed by atoms with Crippen molar-refractivity contribution in [3.05, 3.63) is 29.6 Å². The summed E-state index contributed by atoms with van der Waals surface area (Å²) in [6.45, 7) is -1.89. The second kappa shape index (κ2) is 5.81. The van der Waals surface area contributed by atoms with E-state index >= 15 is 0 Å². The van der Waals surface area contributed by atoms with Crippen LogP contribution in [0.15, 0.2) is 18.2 Å². The van der Waals surface area contributed by atoms with Gasteiger partial charge in [0.05, 0.1) is 25.8 Å². The highest BCUT2D eigenvalue weighted by Gasteiger charge is 2.27. The lowest BCUT2D eigenvalue weighted by atomic mass is 10.1. The van der Waals surface area contributed by atoms with Gasteiger partial charge in [0.25, 0.3) is 0 Å². The summed E-state index contributed by atoms with van der Waals surface area (Å²) in [6, 6.07) is 3.89. The first-order chi connectivity index (χ1) is 8.35. The number of benzene rings is 1. The smallest absolute Gasteiger partial charge is 0.401 e. The molecule has 100 valence electrons.